The molecule has 2 unspecified atom stereocenters. The molecule has 3 rings (SSSR count). The molecular formula is C19H18N2O9S3-2. The maximum absolute atomic E-state index is 13.3. The lowest BCUT2D eigenvalue weighted by Crippen LogP contribution is -2.14. The molecule has 0 bridgehead atoms. The fraction of sp³-hybridized carbons (Fsp3) is 0.211. The zero-order chi connectivity index (χ0) is 24.3. The molecule has 2 aromatic carbocycles. The summed E-state index contributed by atoms with van der Waals surface area (Å²) in [6, 6.07) is 9.91. The molecule has 0 amide bonds. The summed E-state index contributed by atoms with van der Waals surface area (Å²) >= 11 is -4.78. The minimum absolute atomic E-state index is 0.0833. The topological polar surface area (TPSA) is 178 Å². The Hall–Kier alpha value is -2.78. The predicted molar refractivity (Wildman–Crippen MR) is 119 cm³/mol. The first kappa shape index (κ1) is 24.9. The summed E-state index contributed by atoms with van der Waals surface area (Å²) in [6.07, 6.45) is 0. The Bertz CT molecular complexity index is 1350. The second-order valence-corrected chi connectivity index (χ2v) is 10.1. The number of hydrogen-bond donors (Lipinski definition) is 2. The summed E-state index contributed by atoms with van der Waals surface area (Å²) in [4.78, 5) is 11.1. The first-order valence-corrected chi connectivity index (χ1v) is 13.1. The van der Waals surface area contributed by atoms with E-state index in [2.05, 4.69) is 5.32 Å². The van der Waals surface area contributed by atoms with Crippen molar-refractivity contribution in [2.75, 3.05) is 11.2 Å². The molecule has 0 aliphatic rings. The minimum atomic E-state index is -4.51. The summed E-state index contributed by atoms with van der Waals surface area (Å²) in [5.74, 6) is -2.03. The zero-order valence-corrected chi connectivity index (χ0v) is 19.5. The van der Waals surface area contributed by atoms with Crippen LogP contribution in [0.3, 0.4) is 0 Å². The normalized spacial score (nSPS) is 13.5. The van der Waals surface area contributed by atoms with Crippen molar-refractivity contribution in [3.05, 3.63) is 53.7 Å². The van der Waals surface area contributed by atoms with Crippen molar-refractivity contribution in [2.45, 2.75) is 24.1 Å². The number of carboxylic acid groups (broad SMARTS) is 1. The molecule has 0 aliphatic heterocycles. The maximum Gasteiger partial charge on any atom is 0.341 e. The Morgan fingerprint density at radius 3 is 2.36 bits per heavy atom. The van der Waals surface area contributed by atoms with E-state index in [0.717, 1.165) is 0 Å². The van der Waals surface area contributed by atoms with Crippen molar-refractivity contribution in [3.63, 3.8) is 0 Å². The van der Waals surface area contributed by atoms with Gasteiger partial charge in [0.15, 0.2) is 0 Å². The monoisotopic (exact) mass is 514 g/mol. The summed E-state index contributed by atoms with van der Waals surface area (Å²) < 4.78 is 76.7. The molecule has 0 spiro atoms. The second kappa shape index (κ2) is 10.0. The van der Waals surface area contributed by atoms with Crippen LogP contribution in [0, 0.1) is 6.92 Å². The third kappa shape index (κ3) is 5.78. The van der Waals surface area contributed by atoms with Crippen molar-refractivity contribution in [1.29, 1.82) is 0 Å². The van der Waals surface area contributed by atoms with Crippen LogP contribution in [0.1, 0.15) is 11.3 Å². The van der Waals surface area contributed by atoms with Crippen LogP contribution >= 0.6 is 0 Å². The number of nitrogens with one attached hydrogen (secondary N) is 1. The van der Waals surface area contributed by atoms with Gasteiger partial charge in [-0.15, -0.1) is 0 Å². The average Bonchev–Trinajstić information content (AvgIpc) is 2.99. The van der Waals surface area contributed by atoms with Crippen molar-refractivity contribution in [2.24, 2.45) is 0 Å². The molecule has 0 fully saturated rings. The summed E-state index contributed by atoms with van der Waals surface area (Å²) in [5, 5.41) is 12.0. The largest absolute Gasteiger partial charge is 0.772 e. The van der Waals surface area contributed by atoms with Gasteiger partial charge in [-0.3, -0.25) is 13.2 Å². The van der Waals surface area contributed by atoms with Crippen LogP contribution in [0.15, 0.2) is 47.4 Å². The molecule has 2 atom stereocenters. The van der Waals surface area contributed by atoms with Crippen LogP contribution < -0.4 is 9.50 Å². The Morgan fingerprint density at radius 1 is 1.12 bits per heavy atom. The standard InChI is InChI=1S/C19H20N2O9S3/c1-12-19(33(28,29)30-14-7-5-13(6-8-14)10-31(24)25)18-15(20-11-32(26)27)3-2-4-16(18)21(12)9-17(22)23/h2-8,20H,9-11H2,1H3,(H,22,23)(H,24,25)(H,26,27)/p-2. The van der Waals surface area contributed by atoms with Gasteiger partial charge in [0, 0.05) is 22.5 Å². The molecule has 1 aromatic heterocycles. The van der Waals surface area contributed by atoms with Gasteiger partial charge in [0.25, 0.3) is 0 Å². The Morgan fingerprint density at radius 2 is 1.79 bits per heavy atom. The van der Waals surface area contributed by atoms with Gasteiger partial charge in [0.1, 0.15) is 17.2 Å². The highest BCUT2D eigenvalue weighted by Gasteiger charge is 2.29. The molecule has 0 radical (unpaired) electrons. The molecule has 2 N–H and O–H groups in total. The lowest BCUT2D eigenvalue weighted by Gasteiger charge is -2.12. The molecular weight excluding hydrogens is 496 g/mol. The third-order valence-corrected chi connectivity index (χ3v) is 6.99. The van der Waals surface area contributed by atoms with Crippen LogP contribution in [0.2, 0.25) is 0 Å². The highest BCUT2D eigenvalue weighted by Crippen LogP contribution is 2.36. The van der Waals surface area contributed by atoms with Gasteiger partial charge in [-0.25, -0.2) is 0 Å². The number of rotatable bonds is 10. The third-order valence-electron chi connectivity index (χ3n) is 4.63. The van der Waals surface area contributed by atoms with Gasteiger partial charge in [0.05, 0.1) is 11.4 Å². The van der Waals surface area contributed by atoms with E-state index in [-0.39, 0.29) is 38.7 Å². The van der Waals surface area contributed by atoms with E-state index >= 15 is 0 Å². The smallest absolute Gasteiger partial charge is 0.341 e. The zero-order valence-electron chi connectivity index (χ0n) is 17.0. The van der Waals surface area contributed by atoms with E-state index in [0.29, 0.717) is 5.56 Å². The van der Waals surface area contributed by atoms with Crippen LogP contribution in [0.4, 0.5) is 5.69 Å². The van der Waals surface area contributed by atoms with Crippen LogP contribution in [-0.2, 0) is 49.4 Å². The number of aliphatic carboxylic acids is 1. The fourth-order valence-corrected chi connectivity index (χ4v) is 5.48. The molecule has 0 saturated heterocycles. The highest BCUT2D eigenvalue weighted by atomic mass is 32.2. The van der Waals surface area contributed by atoms with Gasteiger partial charge in [0.2, 0.25) is 0 Å². The number of anilines is 1. The summed E-state index contributed by atoms with van der Waals surface area (Å²) in [5.41, 5.74) is 0.939. The number of aromatic nitrogens is 1. The molecule has 1 heterocycles. The van der Waals surface area contributed by atoms with Crippen LogP contribution in [-0.4, -0.2) is 47.5 Å². The first-order chi connectivity index (χ1) is 15.5. The van der Waals surface area contributed by atoms with Crippen molar-refractivity contribution in [1.82, 2.24) is 4.57 Å². The van der Waals surface area contributed by atoms with Crippen LogP contribution in [0.5, 0.6) is 5.75 Å². The van der Waals surface area contributed by atoms with Gasteiger partial charge in [-0.05, 0) is 47.8 Å². The first-order valence-electron chi connectivity index (χ1n) is 9.22. The minimum Gasteiger partial charge on any atom is -0.772 e. The Labute approximate surface area is 194 Å². The SMILES string of the molecule is Cc1c(S(=O)(=O)Oc2ccc(CS(=O)[O-])cc2)c2c(NCS(=O)[O-])cccc2n1CC(=O)O. The highest BCUT2D eigenvalue weighted by molar-refractivity contribution is 7.87. The van der Waals surface area contributed by atoms with Crippen molar-refractivity contribution >= 4 is 54.8 Å². The lowest BCUT2D eigenvalue weighted by molar-refractivity contribution is -0.137. The Balaban J connectivity index is 2.12. The van der Waals surface area contributed by atoms with Crippen LogP contribution in [0.25, 0.3) is 10.9 Å². The number of benzene rings is 2. The second-order valence-electron chi connectivity index (χ2n) is 6.85. The molecule has 0 saturated carbocycles. The van der Waals surface area contributed by atoms with Gasteiger partial charge < -0.3 is 28.3 Å². The number of nitrogens with zero attached hydrogens (tertiary/aromatic N) is 1. The number of fused-ring (bicyclic) bond motifs is 1. The maximum atomic E-state index is 13.3. The average molecular weight is 515 g/mol. The quantitative estimate of drug-likeness (QED) is 0.297. The van der Waals surface area contributed by atoms with Crippen molar-refractivity contribution in [3.8, 4) is 5.75 Å². The van der Waals surface area contributed by atoms with E-state index in [4.69, 9.17) is 4.18 Å². The van der Waals surface area contributed by atoms with E-state index in [1.165, 1.54) is 54.0 Å². The number of carboxylic acids is 1. The molecule has 178 valence electrons. The molecule has 0 aliphatic carbocycles. The summed E-state index contributed by atoms with van der Waals surface area (Å²) in [7, 11) is -4.51. The molecule has 11 nitrogen and oxygen atoms in total. The fourth-order valence-electron chi connectivity index (χ4n) is 3.36. The van der Waals surface area contributed by atoms with Gasteiger partial charge in [-0.2, -0.15) is 8.42 Å². The summed E-state index contributed by atoms with van der Waals surface area (Å²) in [6.45, 7) is 0.886. The number of hydrogen-bond acceptors (Lipinski definition) is 9. The lowest BCUT2D eigenvalue weighted by atomic mass is 10.2. The molecule has 14 heteroatoms. The van der Waals surface area contributed by atoms with E-state index in [9.17, 15) is 35.8 Å². The van der Waals surface area contributed by atoms with Crippen molar-refractivity contribution < 1.29 is 40.0 Å². The van der Waals surface area contributed by atoms with Gasteiger partial charge in [-0.1, -0.05) is 29.3 Å². The molecule has 33 heavy (non-hydrogen) atoms. The molecule has 3 aromatic rings. The predicted octanol–water partition coefficient (Wildman–Crippen LogP) is 1.43. The van der Waals surface area contributed by atoms with E-state index < -0.39 is 50.7 Å². The number of carbonyl (C=O) groups is 1. The van der Waals surface area contributed by atoms with E-state index in [1.54, 1.807) is 0 Å². The Kier molecular flexibility index (Phi) is 7.54. The van der Waals surface area contributed by atoms with E-state index in [1.807, 2.05) is 0 Å². The van der Waals surface area contributed by atoms with Gasteiger partial charge >= 0.3 is 16.1 Å².